The Labute approximate surface area is 157 Å². The number of anilines is 1. The van der Waals surface area contributed by atoms with Crippen molar-refractivity contribution in [1.82, 2.24) is 0 Å². The van der Waals surface area contributed by atoms with Gasteiger partial charge in [0.05, 0.1) is 5.56 Å². The second kappa shape index (κ2) is 6.89. The molecule has 1 aliphatic rings. The first-order chi connectivity index (χ1) is 12.4. The Morgan fingerprint density at radius 2 is 1.85 bits per heavy atom. The fourth-order valence-corrected chi connectivity index (χ4v) is 4.26. The third kappa shape index (κ3) is 2.87. The topological polar surface area (TPSA) is 61.2 Å². The van der Waals surface area contributed by atoms with Gasteiger partial charge in [-0.3, -0.25) is 9.59 Å². The number of rotatable bonds is 4. The predicted molar refractivity (Wildman–Crippen MR) is 104 cm³/mol. The number of amides is 2. The van der Waals surface area contributed by atoms with Gasteiger partial charge in [0.1, 0.15) is 11.1 Å². The van der Waals surface area contributed by atoms with Crippen molar-refractivity contribution in [2.45, 2.75) is 40.0 Å². The van der Waals surface area contributed by atoms with Crippen LogP contribution in [0, 0.1) is 18.3 Å². The van der Waals surface area contributed by atoms with Crippen molar-refractivity contribution < 1.29 is 9.59 Å². The average molecular weight is 364 g/mol. The lowest BCUT2D eigenvalue weighted by Crippen LogP contribution is -2.30. The van der Waals surface area contributed by atoms with Crippen molar-refractivity contribution in [2.24, 2.45) is 0 Å². The van der Waals surface area contributed by atoms with E-state index >= 15 is 0 Å². The maximum absolute atomic E-state index is 12.3. The molecule has 5 heteroatoms. The van der Waals surface area contributed by atoms with E-state index in [0.29, 0.717) is 22.1 Å². The van der Waals surface area contributed by atoms with E-state index < -0.39 is 0 Å². The maximum atomic E-state index is 12.3. The van der Waals surface area contributed by atoms with Gasteiger partial charge in [0.25, 0.3) is 11.8 Å². The van der Waals surface area contributed by atoms with Crippen molar-refractivity contribution >= 4 is 28.2 Å². The fourth-order valence-electron chi connectivity index (χ4n) is 3.13. The second-order valence-corrected chi connectivity index (χ2v) is 7.77. The largest absolute Gasteiger partial charge is 0.269 e. The average Bonchev–Trinajstić information content (AvgIpc) is 3.09. The molecule has 1 aromatic heterocycles. The molecule has 0 saturated carbocycles. The van der Waals surface area contributed by atoms with Gasteiger partial charge in [0.2, 0.25) is 0 Å². The van der Waals surface area contributed by atoms with Gasteiger partial charge in [-0.2, -0.15) is 5.26 Å². The van der Waals surface area contributed by atoms with Crippen molar-refractivity contribution in [3.05, 3.63) is 51.9 Å². The Bertz CT molecular complexity index is 961. The summed E-state index contributed by atoms with van der Waals surface area (Å²) in [6.07, 6.45) is 2.38. The first-order valence-electron chi connectivity index (χ1n) is 8.59. The number of nitrogens with zero attached hydrogens (tertiary/aromatic N) is 2. The Morgan fingerprint density at radius 1 is 1.19 bits per heavy atom. The van der Waals surface area contributed by atoms with E-state index in [4.69, 9.17) is 0 Å². The van der Waals surface area contributed by atoms with Crippen LogP contribution >= 0.6 is 11.3 Å². The number of nitriles is 1. The molecule has 0 spiro atoms. The lowest BCUT2D eigenvalue weighted by atomic mass is 9.95. The molecule has 0 unspecified atom stereocenters. The molecule has 0 N–H and O–H groups in total. The monoisotopic (exact) mass is 364 g/mol. The van der Waals surface area contributed by atoms with Crippen LogP contribution in [-0.4, -0.2) is 11.8 Å². The molecule has 4 nitrogen and oxygen atoms in total. The van der Waals surface area contributed by atoms with Gasteiger partial charge in [0, 0.05) is 22.1 Å². The zero-order chi connectivity index (χ0) is 19.0. The van der Waals surface area contributed by atoms with Crippen LogP contribution in [0.1, 0.15) is 49.1 Å². The van der Waals surface area contributed by atoms with Gasteiger partial charge >= 0.3 is 0 Å². The number of aryl methyl sites for hydroxylation is 1. The molecule has 2 heterocycles. The van der Waals surface area contributed by atoms with Crippen LogP contribution < -0.4 is 4.90 Å². The van der Waals surface area contributed by atoms with Gasteiger partial charge in [0.15, 0.2) is 0 Å². The highest BCUT2D eigenvalue weighted by Gasteiger charge is 2.34. The summed E-state index contributed by atoms with van der Waals surface area (Å²) >= 11 is 1.31. The van der Waals surface area contributed by atoms with Crippen LogP contribution in [0.4, 0.5) is 5.00 Å². The summed E-state index contributed by atoms with van der Waals surface area (Å²) in [5, 5.41) is 10.2. The fraction of sp³-hybridized carbons (Fsp3) is 0.286. The molecule has 0 aliphatic carbocycles. The van der Waals surface area contributed by atoms with Gasteiger partial charge < -0.3 is 0 Å². The standard InChI is InChI=1S/C21H20N2O2S/c1-5-12(2)15-6-8-16(9-7-15)19-14(4)26-21(17(19)11-22)23-18(24)10-13(3)20(23)25/h6-10,12H,5H2,1-4H3/t12-/m0/s1. The minimum Gasteiger partial charge on any atom is -0.269 e. The summed E-state index contributed by atoms with van der Waals surface area (Å²) in [4.78, 5) is 26.6. The summed E-state index contributed by atoms with van der Waals surface area (Å²) in [6.45, 7) is 7.87. The zero-order valence-electron chi connectivity index (χ0n) is 15.3. The number of hydrogen-bond acceptors (Lipinski definition) is 4. The normalized spacial score (nSPS) is 15.2. The number of carbonyl (C=O) groups excluding carboxylic acids is 2. The minimum absolute atomic E-state index is 0.355. The van der Waals surface area contributed by atoms with E-state index in [1.54, 1.807) is 6.92 Å². The quantitative estimate of drug-likeness (QED) is 0.723. The molecular weight excluding hydrogens is 344 g/mol. The van der Waals surface area contributed by atoms with Crippen LogP contribution in [0.3, 0.4) is 0 Å². The smallest absolute Gasteiger partial charge is 0.261 e. The van der Waals surface area contributed by atoms with Crippen LogP contribution in [0.2, 0.25) is 0 Å². The molecular formula is C21H20N2O2S. The highest BCUT2D eigenvalue weighted by molar-refractivity contribution is 7.17. The Kier molecular flexibility index (Phi) is 4.80. The van der Waals surface area contributed by atoms with E-state index in [2.05, 4.69) is 32.0 Å². The summed E-state index contributed by atoms with van der Waals surface area (Å²) in [6, 6.07) is 10.4. The van der Waals surface area contributed by atoms with Crippen molar-refractivity contribution in [1.29, 1.82) is 5.26 Å². The van der Waals surface area contributed by atoms with Gasteiger partial charge in [-0.25, -0.2) is 4.90 Å². The predicted octanol–water partition coefficient (Wildman–Crippen LogP) is 4.93. The summed E-state index contributed by atoms with van der Waals surface area (Å²) in [5.74, 6) is -0.261. The summed E-state index contributed by atoms with van der Waals surface area (Å²) < 4.78 is 0. The Balaban J connectivity index is 2.08. The minimum atomic E-state index is -0.385. The first kappa shape index (κ1) is 18.1. The van der Waals surface area contributed by atoms with Crippen LogP contribution in [-0.2, 0) is 9.59 Å². The van der Waals surface area contributed by atoms with Gasteiger partial charge in [-0.15, -0.1) is 11.3 Å². The SMILES string of the molecule is CC[C@H](C)c1ccc(-c2c(C)sc(N3C(=O)C=C(C)C3=O)c2C#N)cc1. The third-order valence-corrected chi connectivity index (χ3v) is 5.95. The van der Waals surface area contributed by atoms with Crippen LogP contribution in [0.15, 0.2) is 35.9 Å². The van der Waals surface area contributed by atoms with E-state index in [1.165, 1.54) is 23.0 Å². The third-order valence-electron chi connectivity index (χ3n) is 4.86. The summed E-state index contributed by atoms with van der Waals surface area (Å²) in [5.41, 5.74) is 3.76. The van der Waals surface area contributed by atoms with Crippen LogP contribution in [0.25, 0.3) is 11.1 Å². The van der Waals surface area contributed by atoms with E-state index in [1.807, 2.05) is 19.1 Å². The molecule has 132 valence electrons. The highest BCUT2D eigenvalue weighted by Crippen LogP contribution is 2.43. The molecule has 0 bridgehead atoms. The van der Waals surface area contributed by atoms with E-state index in [9.17, 15) is 14.9 Å². The number of thiophene rings is 1. The molecule has 0 fully saturated rings. The Hall–Kier alpha value is -2.71. The summed E-state index contributed by atoms with van der Waals surface area (Å²) in [7, 11) is 0. The lowest BCUT2D eigenvalue weighted by molar-refractivity contribution is -0.120. The second-order valence-electron chi connectivity index (χ2n) is 6.56. The lowest BCUT2D eigenvalue weighted by Gasteiger charge is -2.13. The van der Waals surface area contributed by atoms with Crippen molar-refractivity contribution in [3.63, 3.8) is 0 Å². The molecule has 1 atom stereocenters. The number of hydrogen-bond donors (Lipinski definition) is 0. The molecule has 3 rings (SSSR count). The molecule has 2 amide bonds. The molecule has 2 aromatic rings. The molecule has 0 saturated heterocycles. The molecule has 1 aromatic carbocycles. The highest BCUT2D eigenvalue weighted by atomic mass is 32.1. The zero-order valence-corrected chi connectivity index (χ0v) is 16.1. The van der Waals surface area contributed by atoms with Gasteiger partial charge in [-0.1, -0.05) is 38.1 Å². The molecule has 1 aliphatic heterocycles. The number of benzene rings is 1. The number of imide groups is 1. The van der Waals surface area contributed by atoms with Gasteiger partial charge in [-0.05, 0) is 37.3 Å². The van der Waals surface area contributed by atoms with Crippen LogP contribution in [0.5, 0.6) is 0 Å². The van der Waals surface area contributed by atoms with E-state index in [-0.39, 0.29) is 11.8 Å². The maximum Gasteiger partial charge on any atom is 0.261 e. The molecule has 26 heavy (non-hydrogen) atoms. The Morgan fingerprint density at radius 3 is 2.35 bits per heavy atom. The van der Waals surface area contributed by atoms with Crippen molar-refractivity contribution in [2.75, 3.05) is 4.90 Å². The van der Waals surface area contributed by atoms with Crippen molar-refractivity contribution in [3.8, 4) is 17.2 Å². The van der Waals surface area contributed by atoms with E-state index in [0.717, 1.165) is 27.3 Å². The number of carbonyl (C=O) groups is 2. The molecule has 0 radical (unpaired) electrons. The first-order valence-corrected chi connectivity index (χ1v) is 9.41.